The number of nitrogens with zero attached hydrogens (tertiary/aromatic N) is 1. The topological polar surface area (TPSA) is 52.0 Å². The van der Waals surface area contributed by atoms with Gasteiger partial charge in [0.1, 0.15) is 11.5 Å². The fraction of sp³-hybridized carbons (Fsp3) is 0.182. The third-order valence-electron chi connectivity index (χ3n) is 2.24. The van der Waals surface area contributed by atoms with E-state index in [1.54, 1.807) is 0 Å². The zero-order valence-corrected chi connectivity index (χ0v) is 9.25. The third kappa shape index (κ3) is 2.19. The first kappa shape index (κ1) is 11.8. The van der Waals surface area contributed by atoms with Gasteiger partial charge >= 0.3 is 0 Å². The number of rotatable bonds is 2. The zero-order valence-electron chi connectivity index (χ0n) is 8.43. The second-order valence-electron chi connectivity index (χ2n) is 3.14. The van der Waals surface area contributed by atoms with Crippen molar-refractivity contribution in [2.24, 2.45) is 5.73 Å². The van der Waals surface area contributed by atoms with Crippen molar-refractivity contribution in [3.05, 3.63) is 41.7 Å². The van der Waals surface area contributed by atoms with E-state index in [1.165, 1.54) is 0 Å². The number of aromatic nitrogens is 1. The fourth-order valence-electron chi connectivity index (χ4n) is 1.45. The molecule has 4 heteroatoms. The molecule has 0 radical (unpaired) electrons. The van der Waals surface area contributed by atoms with Crippen LogP contribution < -0.4 is 5.73 Å². The molecule has 1 heterocycles. The standard InChI is InChI=1S/C11H12N2O.ClH/c1-8-10(7-12)11(13-14-8)9-5-3-2-4-6-9;/h2-6H,7,12H2,1H3;1H. The van der Waals surface area contributed by atoms with Crippen LogP contribution >= 0.6 is 12.4 Å². The van der Waals surface area contributed by atoms with Crippen LogP contribution in [0.15, 0.2) is 34.9 Å². The summed E-state index contributed by atoms with van der Waals surface area (Å²) >= 11 is 0. The van der Waals surface area contributed by atoms with Gasteiger partial charge in [-0.25, -0.2) is 0 Å². The van der Waals surface area contributed by atoms with Crippen LogP contribution in [0.5, 0.6) is 0 Å². The van der Waals surface area contributed by atoms with Crippen molar-refractivity contribution >= 4 is 12.4 Å². The molecule has 0 fully saturated rings. The predicted octanol–water partition coefficient (Wildman–Crippen LogP) is 2.53. The lowest BCUT2D eigenvalue weighted by molar-refractivity contribution is 0.398. The highest BCUT2D eigenvalue weighted by Crippen LogP contribution is 2.24. The number of hydrogen-bond donors (Lipinski definition) is 1. The zero-order chi connectivity index (χ0) is 9.97. The second kappa shape index (κ2) is 4.96. The molecule has 0 saturated heterocycles. The molecule has 0 saturated carbocycles. The van der Waals surface area contributed by atoms with Crippen molar-refractivity contribution in [3.8, 4) is 11.3 Å². The van der Waals surface area contributed by atoms with E-state index < -0.39 is 0 Å². The third-order valence-corrected chi connectivity index (χ3v) is 2.24. The lowest BCUT2D eigenvalue weighted by atomic mass is 10.1. The Morgan fingerprint density at radius 2 is 1.93 bits per heavy atom. The SMILES string of the molecule is Cc1onc(-c2ccccc2)c1CN.Cl. The maximum atomic E-state index is 5.63. The number of benzene rings is 1. The summed E-state index contributed by atoms with van der Waals surface area (Å²) < 4.78 is 5.11. The van der Waals surface area contributed by atoms with Gasteiger partial charge in [-0.15, -0.1) is 12.4 Å². The van der Waals surface area contributed by atoms with Gasteiger partial charge in [0.25, 0.3) is 0 Å². The summed E-state index contributed by atoms with van der Waals surface area (Å²) in [6, 6.07) is 9.91. The Hall–Kier alpha value is -1.32. The summed E-state index contributed by atoms with van der Waals surface area (Å²) in [4.78, 5) is 0. The summed E-state index contributed by atoms with van der Waals surface area (Å²) in [5.74, 6) is 0.798. The Balaban J connectivity index is 0.00000112. The first-order valence-electron chi connectivity index (χ1n) is 4.53. The summed E-state index contributed by atoms with van der Waals surface area (Å²) in [5, 5.41) is 4.00. The number of aryl methyl sites for hydroxylation is 1. The van der Waals surface area contributed by atoms with Crippen LogP contribution in [0.25, 0.3) is 11.3 Å². The summed E-state index contributed by atoms with van der Waals surface area (Å²) in [6.45, 7) is 2.33. The molecule has 80 valence electrons. The van der Waals surface area contributed by atoms with Crippen LogP contribution in [0.2, 0.25) is 0 Å². The minimum atomic E-state index is 0. The lowest BCUT2D eigenvalue weighted by Gasteiger charge is -1.98. The average molecular weight is 225 g/mol. The summed E-state index contributed by atoms with van der Waals surface area (Å²) in [5.41, 5.74) is 8.51. The molecule has 0 bridgehead atoms. The van der Waals surface area contributed by atoms with Gasteiger partial charge in [0.05, 0.1) is 0 Å². The lowest BCUT2D eigenvalue weighted by Crippen LogP contribution is -1.98. The van der Waals surface area contributed by atoms with Crippen LogP contribution in [-0.4, -0.2) is 5.16 Å². The van der Waals surface area contributed by atoms with E-state index in [0.717, 1.165) is 22.6 Å². The molecule has 0 atom stereocenters. The molecule has 0 spiro atoms. The molecule has 1 aromatic heterocycles. The molecular formula is C11H13ClN2O. The molecular weight excluding hydrogens is 212 g/mol. The fourth-order valence-corrected chi connectivity index (χ4v) is 1.45. The van der Waals surface area contributed by atoms with E-state index >= 15 is 0 Å². The van der Waals surface area contributed by atoms with E-state index in [0.29, 0.717) is 6.54 Å². The molecule has 0 aliphatic heterocycles. The summed E-state index contributed by atoms with van der Waals surface area (Å²) in [7, 11) is 0. The molecule has 2 aromatic rings. The number of halogens is 1. The van der Waals surface area contributed by atoms with E-state index in [-0.39, 0.29) is 12.4 Å². The van der Waals surface area contributed by atoms with Gasteiger partial charge in [0, 0.05) is 17.7 Å². The average Bonchev–Trinajstić information content (AvgIpc) is 2.61. The minimum Gasteiger partial charge on any atom is -0.361 e. The number of hydrogen-bond acceptors (Lipinski definition) is 3. The van der Waals surface area contributed by atoms with Gasteiger partial charge in [-0.05, 0) is 6.92 Å². The van der Waals surface area contributed by atoms with Crippen LogP contribution in [0.4, 0.5) is 0 Å². The highest BCUT2D eigenvalue weighted by Gasteiger charge is 2.11. The Bertz CT molecular complexity index is 425. The molecule has 0 aliphatic rings. The van der Waals surface area contributed by atoms with Crippen molar-refractivity contribution in [3.63, 3.8) is 0 Å². The van der Waals surface area contributed by atoms with Crippen molar-refractivity contribution < 1.29 is 4.52 Å². The highest BCUT2D eigenvalue weighted by molar-refractivity contribution is 5.85. The van der Waals surface area contributed by atoms with Gasteiger partial charge in [0.15, 0.2) is 0 Å². The van der Waals surface area contributed by atoms with Gasteiger partial charge in [0.2, 0.25) is 0 Å². The maximum absolute atomic E-state index is 5.63. The van der Waals surface area contributed by atoms with E-state index in [2.05, 4.69) is 5.16 Å². The van der Waals surface area contributed by atoms with E-state index in [1.807, 2.05) is 37.3 Å². The summed E-state index contributed by atoms with van der Waals surface area (Å²) in [6.07, 6.45) is 0. The van der Waals surface area contributed by atoms with Crippen molar-refractivity contribution in [2.45, 2.75) is 13.5 Å². The normalized spacial score (nSPS) is 9.73. The second-order valence-corrected chi connectivity index (χ2v) is 3.14. The molecule has 0 aliphatic carbocycles. The molecule has 0 amide bonds. The molecule has 0 unspecified atom stereocenters. The Labute approximate surface area is 94.7 Å². The maximum Gasteiger partial charge on any atom is 0.138 e. The largest absolute Gasteiger partial charge is 0.361 e. The first-order chi connectivity index (χ1) is 6.83. The van der Waals surface area contributed by atoms with Gasteiger partial charge in [-0.2, -0.15) is 0 Å². The quantitative estimate of drug-likeness (QED) is 0.853. The molecule has 1 aromatic carbocycles. The van der Waals surface area contributed by atoms with Crippen molar-refractivity contribution in [2.75, 3.05) is 0 Å². The smallest absolute Gasteiger partial charge is 0.138 e. The first-order valence-corrected chi connectivity index (χ1v) is 4.53. The van der Waals surface area contributed by atoms with Crippen molar-refractivity contribution in [1.29, 1.82) is 0 Å². The highest BCUT2D eigenvalue weighted by atomic mass is 35.5. The number of nitrogens with two attached hydrogens (primary N) is 1. The molecule has 15 heavy (non-hydrogen) atoms. The molecule has 2 rings (SSSR count). The predicted molar refractivity (Wildman–Crippen MR) is 61.8 cm³/mol. The Morgan fingerprint density at radius 1 is 1.27 bits per heavy atom. The molecule has 3 nitrogen and oxygen atoms in total. The molecule has 2 N–H and O–H groups in total. The van der Waals surface area contributed by atoms with E-state index in [4.69, 9.17) is 10.3 Å². The van der Waals surface area contributed by atoms with E-state index in [9.17, 15) is 0 Å². The minimum absolute atomic E-state index is 0. The van der Waals surface area contributed by atoms with Crippen LogP contribution in [0.3, 0.4) is 0 Å². The van der Waals surface area contributed by atoms with Gasteiger partial charge in [-0.1, -0.05) is 35.5 Å². The van der Waals surface area contributed by atoms with Gasteiger partial charge in [-0.3, -0.25) is 0 Å². The van der Waals surface area contributed by atoms with Crippen LogP contribution in [0, 0.1) is 6.92 Å². The van der Waals surface area contributed by atoms with Crippen LogP contribution in [0.1, 0.15) is 11.3 Å². The monoisotopic (exact) mass is 224 g/mol. The van der Waals surface area contributed by atoms with Gasteiger partial charge < -0.3 is 10.3 Å². The Kier molecular flexibility index (Phi) is 3.88. The van der Waals surface area contributed by atoms with Crippen molar-refractivity contribution in [1.82, 2.24) is 5.16 Å². The van der Waals surface area contributed by atoms with Crippen LogP contribution in [-0.2, 0) is 6.54 Å². The Morgan fingerprint density at radius 3 is 2.53 bits per heavy atom.